The number of carbonyl (C=O) groups excluding carboxylic acids is 1. The number of carboxylic acid groups (broad SMARTS) is 1. The number of nitrogens with zero attached hydrogens (tertiary/aromatic N) is 1. The van der Waals surface area contributed by atoms with E-state index < -0.39 is 5.97 Å². The number of benzene rings is 1. The average molecular weight is 388 g/mol. The van der Waals surface area contributed by atoms with Gasteiger partial charge in [0.25, 0.3) is 0 Å². The maximum Gasteiger partial charge on any atom is 0.328 e. The largest absolute Gasteiger partial charge is 0.478 e. The topological polar surface area (TPSA) is 102 Å². The van der Waals surface area contributed by atoms with Gasteiger partial charge in [0, 0.05) is 19.2 Å². The zero-order chi connectivity index (χ0) is 20.4. The highest BCUT2D eigenvalue weighted by molar-refractivity contribution is 5.81. The summed E-state index contributed by atoms with van der Waals surface area (Å²) < 4.78 is 10.6. The van der Waals surface area contributed by atoms with Crippen molar-refractivity contribution >= 4 is 18.1 Å². The number of nitrogens with two attached hydrogens (primary N) is 1. The van der Waals surface area contributed by atoms with E-state index in [1.807, 2.05) is 24.3 Å². The molecule has 1 aromatic carbocycles. The van der Waals surface area contributed by atoms with Crippen molar-refractivity contribution < 1.29 is 24.2 Å². The van der Waals surface area contributed by atoms with Crippen molar-refractivity contribution in [3.05, 3.63) is 41.5 Å². The van der Waals surface area contributed by atoms with Gasteiger partial charge in [-0.25, -0.2) is 9.59 Å². The number of likely N-dealkylation sites (tertiary alicyclic amines) is 1. The number of urea groups is 1. The van der Waals surface area contributed by atoms with E-state index in [2.05, 4.69) is 6.92 Å². The number of hydrogen-bond donors (Lipinski definition) is 2. The van der Waals surface area contributed by atoms with Crippen LogP contribution in [-0.2, 0) is 4.79 Å². The molecule has 7 nitrogen and oxygen atoms in total. The van der Waals surface area contributed by atoms with E-state index in [9.17, 15) is 9.59 Å². The molecule has 3 N–H and O–H groups in total. The van der Waals surface area contributed by atoms with Gasteiger partial charge in [0.05, 0.1) is 0 Å². The third kappa shape index (κ3) is 6.98. The second-order valence-corrected chi connectivity index (χ2v) is 6.64. The number of hydrogen-bond acceptors (Lipinski definition) is 4. The minimum atomic E-state index is -0.937. The van der Waals surface area contributed by atoms with Crippen LogP contribution in [0, 0.1) is 0 Å². The standard InChI is InChI=1S/C15H16O4.C6H12N2O/c1-2-3-11(5-7-15(16)17)8-12-4-6-13-14(9-12)19-10-18-13;7-6(9)8-4-2-1-3-5-8/h4-9H,2-3,10H2,1H3,(H,16,17);1-5H2,(H2,7,9). The Morgan fingerprint density at radius 1 is 1.14 bits per heavy atom. The van der Waals surface area contributed by atoms with Crippen molar-refractivity contribution in [2.75, 3.05) is 19.9 Å². The molecule has 0 spiro atoms. The maximum atomic E-state index is 10.6. The molecule has 2 aliphatic heterocycles. The van der Waals surface area contributed by atoms with Crippen LogP contribution in [0.1, 0.15) is 44.6 Å². The number of carbonyl (C=O) groups is 2. The van der Waals surface area contributed by atoms with E-state index in [1.54, 1.807) is 11.0 Å². The lowest BCUT2D eigenvalue weighted by Gasteiger charge is -2.24. The molecule has 2 aliphatic rings. The molecule has 3 rings (SSSR count). The number of primary amides is 1. The van der Waals surface area contributed by atoms with Crippen LogP contribution in [0.5, 0.6) is 11.5 Å². The van der Waals surface area contributed by atoms with Gasteiger partial charge in [-0.2, -0.15) is 0 Å². The Bertz CT molecular complexity index is 736. The predicted octanol–water partition coefficient (Wildman–Crippen LogP) is 3.79. The van der Waals surface area contributed by atoms with Gasteiger partial charge in [-0.05, 0) is 49.0 Å². The van der Waals surface area contributed by atoms with Gasteiger partial charge in [-0.15, -0.1) is 0 Å². The molecule has 152 valence electrons. The molecule has 7 heteroatoms. The average Bonchev–Trinajstić information content (AvgIpc) is 3.15. The van der Waals surface area contributed by atoms with Crippen LogP contribution in [0.15, 0.2) is 35.9 Å². The van der Waals surface area contributed by atoms with Crippen molar-refractivity contribution in [3.63, 3.8) is 0 Å². The van der Waals surface area contributed by atoms with Crippen LogP contribution in [0.3, 0.4) is 0 Å². The summed E-state index contributed by atoms with van der Waals surface area (Å²) in [5.41, 5.74) is 7.00. The predicted molar refractivity (Wildman–Crippen MR) is 107 cm³/mol. The van der Waals surface area contributed by atoms with Gasteiger partial charge in [0.1, 0.15) is 0 Å². The summed E-state index contributed by atoms with van der Waals surface area (Å²) in [6.45, 7) is 4.02. The van der Waals surface area contributed by atoms with E-state index in [1.165, 1.54) is 6.42 Å². The first-order valence-corrected chi connectivity index (χ1v) is 9.55. The fraction of sp³-hybridized carbons (Fsp3) is 0.429. The first-order valence-electron chi connectivity index (χ1n) is 9.55. The van der Waals surface area contributed by atoms with Gasteiger partial charge in [0.15, 0.2) is 11.5 Å². The van der Waals surface area contributed by atoms with Crippen molar-refractivity contribution in [1.29, 1.82) is 0 Å². The number of carboxylic acids is 1. The lowest BCUT2D eigenvalue weighted by molar-refractivity contribution is -0.131. The summed E-state index contributed by atoms with van der Waals surface area (Å²) in [7, 11) is 0. The summed E-state index contributed by atoms with van der Waals surface area (Å²) >= 11 is 0. The summed E-state index contributed by atoms with van der Waals surface area (Å²) in [6.07, 6.45) is 10.0. The normalized spacial score (nSPS) is 15.9. The zero-order valence-corrected chi connectivity index (χ0v) is 16.2. The molecule has 0 saturated carbocycles. The van der Waals surface area contributed by atoms with Crippen LogP contribution >= 0.6 is 0 Å². The third-order valence-corrected chi connectivity index (χ3v) is 4.40. The molecule has 0 bridgehead atoms. The molecule has 0 radical (unpaired) electrons. The smallest absolute Gasteiger partial charge is 0.328 e. The van der Waals surface area contributed by atoms with Gasteiger partial charge in [0.2, 0.25) is 6.79 Å². The molecule has 1 aromatic rings. The summed E-state index contributed by atoms with van der Waals surface area (Å²) in [5, 5.41) is 8.67. The summed E-state index contributed by atoms with van der Waals surface area (Å²) in [6, 6.07) is 5.41. The Morgan fingerprint density at radius 3 is 2.46 bits per heavy atom. The summed E-state index contributed by atoms with van der Waals surface area (Å²) in [5.74, 6) is 0.537. The first kappa shape index (κ1) is 21.3. The van der Waals surface area contributed by atoms with Gasteiger partial charge < -0.3 is 25.2 Å². The number of amides is 2. The van der Waals surface area contributed by atoms with E-state index in [0.717, 1.165) is 67.5 Å². The molecule has 28 heavy (non-hydrogen) atoms. The minimum Gasteiger partial charge on any atom is -0.478 e. The number of allylic oxidation sites excluding steroid dienone is 2. The SMILES string of the molecule is CCCC(C=CC(=O)O)=Cc1ccc2c(c1)OCO2.NC(=O)N1CCCCC1. The van der Waals surface area contributed by atoms with E-state index >= 15 is 0 Å². The van der Waals surface area contributed by atoms with Crippen LogP contribution in [0.25, 0.3) is 6.08 Å². The molecule has 0 unspecified atom stereocenters. The number of fused-ring (bicyclic) bond motifs is 1. The molecule has 2 heterocycles. The number of aliphatic carboxylic acids is 1. The Balaban J connectivity index is 0.000000261. The Morgan fingerprint density at radius 2 is 1.86 bits per heavy atom. The molecular formula is C21H28N2O5. The second-order valence-electron chi connectivity index (χ2n) is 6.64. The van der Waals surface area contributed by atoms with E-state index in [4.69, 9.17) is 20.3 Å². The summed E-state index contributed by atoms with van der Waals surface area (Å²) in [4.78, 5) is 22.8. The van der Waals surface area contributed by atoms with Gasteiger partial charge >= 0.3 is 12.0 Å². The second kappa shape index (κ2) is 11.0. The van der Waals surface area contributed by atoms with Crippen LogP contribution in [-0.4, -0.2) is 41.9 Å². The molecule has 0 aromatic heterocycles. The maximum absolute atomic E-state index is 10.6. The molecule has 1 saturated heterocycles. The Hall–Kier alpha value is -2.96. The van der Waals surface area contributed by atoms with Crippen molar-refractivity contribution in [2.24, 2.45) is 5.73 Å². The lowest BCUT2D eigenvalue weighted by Crippen LogP contribution is -2.39. The molecule has 0 aliphatic carbocycles. The highest BCUT2D eigenvalue weighted by atomic mass is 16.7. The minimum absolute atomic E-state index is 0.253. The highest BCUT2D eigenvalue weighted by Crippen LogP contribution is 2.33. The molecular weight excluding hydrogens is 360 g/mol. The van der Waals surface area contributed by atoms with Crippen molar-refractivity contribution in [3.8, 4) is 11.5 Å². The van der Waals surface area contributed by atoms with Crippen LogP contribution in [0.2, 0.25) is 0 Å². The fourth-order valence-electron chi connectivity index (χ4n) is 3.00. The van der Waals surface area contributed by atoms with Crippen molar-refractivity contribution in [1.82, 2.24) is 4.90 Å². The van der Waals surface area contributed by atoms with Gasteiger partial charge in [-0.1, -0.05) is 31.6 Å². The number of ether oxygens (including phenoxy) is 2. The van der Waals surface area contributed by atoms with Crippen molar-refractivity contribution in [2.45, 2.75) is 39.0 Å². The van der Waals surface area contributed by atoms with Crippen LogP contribution < -0.4 is 15.2 Å². The lowest BCUT2D eigenvalue weighted by atomic mass is 10.1. The Kier molecular flexibility index (Phi) is 8.39. The molecule has 2 amide bonds. The first-order chi connectivity index (χ1) is 13.5. The van der Waals surface area contributed by atoms with E-state index in [0.29, 0.717) is 0 Å². The van der Waals surface area contributed by atoms with Crippen LogP contribution in [0.4, 0.5) is 4.79 Å². The highest BCUT2D eigenvalue weighted by Gasteiger charge is 2.13. The van der Waals surface area contributed by atoms with Gasteiger partial charge in [-0.3, -0.25) is 0 Å². The monoisotopic (exact) mass is 388 g/mol. The zero-order valence-electron chi connectivity index (χ0n) is 16.2. The van der Waals surface area contributed by atoms with E-state index in [-0.39, 0.29) is 12.8 Å². The quantitative estimate of drug-likeness (QED) is 0.590. The Labute approximate surface area is 165 Å². The fourth-order valence-corrected chi connectivity index (χ4v) is 3.00. The number of rotatable bonds is 5. The third-order valence-electron chi connectivity index (χ3n) is 4.40. The molecule has 1 fully saturated rings. The molecule has 0 atom stereocenters. The number of piperidine rings is 1.